The lowest BCUT2D eigenvalue weighted by molar-refractivity contribution is 0.505. The fraction of sp³-hybridized carbons (Fsp3) is 0.571. The van der Waals surface area contributed by atoms with E-state index < -0.39 is 0 Å². The van der Waals surface area contributed by atoms with Crippen molar-refractivity contribution in [2.45, 2.75) is 40.7 Å². The number of anilines is 1. The Morgan fingerprint density at radius 2 is 1.89 bits per heavy atom. The molecule has 1 unspecified atom stereocenters. The average molecular weight is 248 g/mol. The highest BCUT2D eigenvalue weighted by atomic mass is 15.1. The first-order chi connectivity index (χ1) is 8.25. The summed E-state index contributed by atoms with van der Waals surface area (Å²) in [6.45, 7) is 10.4. The van der Waals surface area contributed by atoms with Crippen LogP contribution < -0.4 is 10.6 Å². The highest BCUT2D eigenvalue weighted by Crippen LogP contribution is 2.26. The van der Waals surface area contributed by atoms with Gasteiger partial charge in [-0.1, -0.05) is 13.8 Å². The van der Waals surface area contributed by atoms with Gasteiger partial charge in [0.1, 0.15) is 5.84 Å². The van der Waals surface area contributed by atoms with E-state index in [1.165, 1.54) is 0 Å². The van der Waals surface area contributed by atoms with Crippen LogP contribution in [0.1, 0.15) is 37.7 Å². The van der Waals surface area contributed by atoms with Crippen molar-refractivity contribution in [2.75, 3.05) is 11.9 Å². The first-order valence-electron chi connectivity index (χ1n) is 6.31. The molecule has 18 heavy (non-hydrogen) atoms. The van der Waals surface area contributed by atoms with Crippen molar-refractivity contribution in [1.29, 1.82) is 5.41 Å². The second kappa shape index (κ2) is 5.38. The summed E-state index contributed by atoms with van der Waals surface area (Å²) in [5.41, 5.74) is 9.21. The third-order valence-corrected chi connectivity index (χ3v) is 3.53. The molecule has 0 radical (unpaired) electrons. The van der Waals surface area contributed by atoms with E-state index in [1.54, 1.807) is 0 Å². The number of aromatic nitrogens is 1. The number of nitrogens with zero attached hydrogens (tertiary/aromatic N) is 2. The topological polar surface area (TPSA) is 66.0 Å². The van der Waals surface area contributed by atoms with Gasteiger partial charge in [0.15, 0.2) is 0 Å². The number of hydrogen-bond acceptors (Lipinski definition) is 3. The number of rotatable bonds is 4. The first kappa shape index (κ1) is 14.5. The lowest BCUT2D eigenvalue weighted by Crippen LogP contribution is -2.35. The summed E-state index contributed by atoms with van der Waals surface area (Å²) in [6.07, 6.45) is 0. The fourth-order valence-corrected chi connectivity index (χ4v) is 2.09. The van der Waals surface area contributed by atoms with Crippen LogP contribution in [0.5, 0.6) is 0 Å². The average Bonchev–Trinajstić information content (AvgIpc) is 2.24. The highest BCUT2D eigenvalue weighted by Gasteiger charge is 2.20. The van der Waals surface area contributed by atoms with Crippen LogP contribution >= 0.6 is 0 Å². The van der Waals surface area contributed by atoms with Crippen molar-refractivity contribution >= 4 is 11.5 Å². The maximum Gasteiger partial charge on any atom is 0.126 e. The van der Waals surface area contributed by atoms with Gasteiger partial charge in [0, 0.05) is 18.8 Å². The molecule has 0 saturated carbocycles. The Hall–Kier alpha value is -1.58. The van der Waals surface area contributed by atoms with E-state index in [-0.39, 0.29) is 5.84 Å². The fourth-order valence-electron chi connectivity index (χ4n) is 2.09. The predicted molar refractivity (Wildman–Crippen MR) is 77.4 cm³/mol. The van der Waals surface area contributed by atoms with Gasteiger partial charge in [-0.05, 0) is 32.8 Å². The van der Waals surface area contributed by atoms with E-state index >= 15 is 0 Å². The standard InChI is InChI=1S/C14H24N4/c1-8(2)11(5)18(6)12-7-9(3)17-10(4)13(12)14(15)16/h7-8,11H,1-6H3,(H3,15,16). The van der Waals surface area contributed by atoms with Gasteiger partial charge >= 0.3 is 0 Å². The summed E-state index contributed by atoms with van der Waals surface area (Å²) < 4.78 is 0. The van der Waals surface area contributed by atoms with Crippen LogP contribution in [-0.2, 0) is 0 Å². The van der Waals surface area contributed by atoms with Gasteiger partial charge in [-0.25, -0.2) is 0 Å². The molecule has 4 heteroatoms. The molecule has 0 saturated heterocycles. The summed E-state index contributed by atoms with van der Waals surface area (Å²) in [4.78, 5) is 6.58. The highest BCUT2D eigenvalue weighted by molar-refractivity contribution is 6.01. The van der Waals surface area contributed by atoms with Crippen molar-refractivity contribution in [3.05, 3.63) is 23.0 Å². The maximum absolute atomic E-state index is 7.74. The molecule has 1 rings (SSSR count). The molecule has 0 aliphatic rings. The van der Waals surface area contributed by atoms with Gasteiger partial charge in [0.25, 0.3) is 0 Å². The Morgan fingerprint density at radius 3 is 2.33 bits per heavy atom. The van der Waals surface area contributed by atoms with Crippen molar-refractivity contribution in [3.63, 3.8) is 0 Å². The molecule has 0 bridgehead atoms. The molecular formula is C14H24N4. The Labute approximate surface area is 110 Å². The Bertz CT molecular complexity index is 451. The summed E-state index contributed by atoms with van der Waals surface area (Å²) >= 11 is 0. The van der Waals surface area contributed by atoms with Gasteiger partial charge in [-0.15, -0.1) is 0 Å². The lowest BCUT2D eigenvalue weighted by atomic mass is 10.0. The second-order valence-corrected chi connectivity index (χ2v) is 5.25. The zero-order valence-corrected chi connectivity index (χ0v) is 12.2. The smallest absolute Gasteiger partial charge is 0.126 e. The molecule has 0 amide bonds. The largest absolute Gasteiger partial charge is 0.384 e. The third-order valence-electron chi connectivity index (χ3n) is 3.53. The first-order valence-corrected chi connectivity index (χ1v) is 6.31. The molecule has 0 aromatic carbocycles. The third kappa shape index (κ3) is 2.81. The number of nitrogen functional groups attached to an aromatic ring is 1. The lowest BCUT2D eigenvalue weighted by Gasteiger charge is -2.32. The normalized spacial score (nSPS) is 12.6. The van der Waals surface area contributed by atoms with Gasteiger partial charge in [0.05, 0.1) is 16.9 Å². The summed E-state index contributed by atoms with van der Waals surface area (Å²) in [5, 5.41) is 7.74. The minimum atomic E-state index is 0.0813. The molecule has 1 aromatic rings. The van der Waals surface area contributed by atoms with Crippen LogP contribution in [0.4, 0.5) is 5.69 Å². The number of nitrogens with two attached hydrogens (primary N) is 1. The molecule has 3 N–H and O–H groups in total. The molecular weight excluding hydrogens is 224 g/mol. The van der Waals surface area contributed by atoms with Gasteiger partial charge in [0.2, 0.25) is 0 Å². The van der Waals surface area contributed by atoms with Crippen LogP contribution in [-0.4, -0.2) is 23.9 Å². The molecule has 1 aromatic heterocycles. The van der Waals surface area contributed by atoms with E-state index in [9.17, 15) is 0 Å². The van der Waals surface area contributed by atoms with Gasteiger partial charge in [-0.2, -0.15) is 0 Å². The SMILES string of the molecule is Cc1cc(N(C)C(C)C(C)C)c(C(=N)N)c(C)n1. The van der Waals surface area contributed by atoms with Crippen LogP contribution in [0.15, 0.2) is 6.07 Å². The molecule has 0 fully saturated rings. The van der Waals surface area contributed by atoms with Gasteiger partial charge in [-0.3, -0.25) is 10.4 Å². The van der Waals surface area contributed by atoms with Crippen LogP contribution in [0.2, 0.25) is 0 Å². The maximum atomic E-state index is 7.74. The Kier molecular flexibility index (Phi) is 4.33. The van der Waals surface area contributed by atoms with E-state index in [1.807, 2.05) is 27.0 Å². The zero-order valence-electron chi connectivity index (χ0n) is 12.2. The van der Waals surface area contributed by atoms with Crippen LogP contribution in [0.3, 0.4) is 0 Å². The van der Waals surface area contributed by atoms with Gasteiger partial charge < -0.3 is 10.6 Å². The monoisotopic (exact) mass is 248 g/mol. The van der Waals surface area contributed by atoms with Crippen molar-refractivity contribution in [2.24, 2.45) is 11.7 Å². The molecule has 0 aliphatic carbocycles. The number of hydrogen-bond donors (Lipinski definition) is 2. The van der Waals surface area contributed by atoms with Crippen LogP contribution in [0.25, 0.3) is 0 Å². The summed E-state index contributed by atoms with van der Waals surface area (Å²) in [6, 6.07) is 2.38. The van der Waals surface area contributed by atoms with E-state index in [0.717, 1.165) is 22.6 Å². The summed E-state index contributed by atoms with van der Waals surface area (Å²) in [5.74, 6) is 0.612. The van der Waals surface area contributed by atoms with Crippen molar-refractivity contribution < 1.29 is 0 Å². The zero-order chi connectivity index (χ0) is 14.0. The minimum Gasteiger partial charge on any atom is -0.384 e. The quantitative estimate of drug-likeness (QED) is 0.635. The molecule has 1 heterocycles. The number of pyridine rings is 1. The molecule has 4 nitrogen and oxygen atoms in total. The second-order valence-electron chi connectivity index (χ2n) is 5.25. The van der Waals surface area contributed by atoms with E-state index in [0.29, 0.717) is 12.0 Å². The molecule has 0 aliphatic heterocycles. The predicted octanol–water partition coefficient (Wildman–Crippen LogP) is 2.46. The van der Waals surface area contributed by atoms with E-state index in [4.69, 9.17) is 11.1 Å². The Balaban J connectivity index is 3.34. The Morgan fingerprint density at radius 1 is 1.33 bits per heavy atom. The molecule has 0 spiro atoms. The van der Waals surface area contributed by atoms with E-state index in [2.05, 4.69) is 30.7 Å². The summed E-state index contributed by atoms with van der Waals surface area (Å²) in [7, 11) is 2.05. The minimum absolute atomic E-state index is 0.0813. The molecule has 100 valence electrons. The van der Waals surface area contributed by atoms with Crippen LogP contribution in [0, 0.1) is 25.2 Å². The number of amidine groups is 1. The number of aryl methyl sites for hydroxylation is 2. The van der Waals surface area contributed by atoms with Crippen molar-refractivity contribution in [3.8, 4) is 0 Å². The van der Waals surface area contributed by atoms with Crippen molar-refractivity contribution in [1.82, 2.24) is 4.98 Å². The number of nitrogens with one attached hydrogen (secondary N) is 1. The molecule has 1 atom stereocenters.